The van der Waals surface area contributed by atoms with Gasteiger partial charge in [0.15, 0.2) is 0 Å². The van der Waals surface area contributed by atoms with E-state index < -0.39 is 30.1 Å². The molecule has 0 amide bonds. The summed E-state index contributed by atoms with van der Waals surface area (Å²) in [5.41, 5.74) is 0. The number of ether oxygens (including phenoxy) is 2. The fraction of sp³-hybridized carbons (Fsp3) is 0.600. The van der Waals surface area contributed by atoms with E-state index in [0.29, 0.717) is 0 Å². The maximum Gasteiger partial charge on any atom is 0.478 e. The Labute approximate surface area is 76.7 Å². The summed E-state index contributed by atoms with van der Waals surface area (Å²) in [4.78, 5) is 20.4. The maximum atomic E-state index is 12.0. The van der Waals surface area contributed by atoms with Gasteiger partial charge in [0.25, 0.3) is 0 Å². The Kier molecular flexibility index (Phi) is 2.14. The Morgan fingerprint density at radius 2 is 1.07 bits per heavy atom. The number of carbonyl (C=O) groups excluding carboxylic acids is 2. The van der Waals surface area contributed by atoms with Gasteiger partial charge in [-0.15, -0.1) is 0 Å². The fourth-order valence-electron chi connectivity index (χ4n) is 0.757. The van der Waals surface area contributed by atoms with Gasteiger partial charge >= 0.3 is 30.1 Å². The zero-order valence-electron chi connectivity index (χ0n) is 6.40. The molecule has 10 heteroatoms. The second-order valence-corrected chi connectivity index (χ2v) is 2.39. The SMILES string of the molecule is O=C1OC(C(F)(F)F)(C(F)(F)F)OC1=O. The minimum atomic E-state index is -6.09. The van der Waals surface area contributed by atoms with Gasteiger partial charge in [-0.2, -0.15) is 26.3 Å². The van der Waals surface area contributed by atoms with Gasteiger partial charge in [0.1, 0.15) is 0 Å². The number of hydrogen-bond acceptors (Lipinski definition) is 4. The minimum Gasteiger partial charge on any atom is -0.398 e. The third-order valence-electron chi connectivity index (χ3n) is 1.39. The summed E-state index contributed by atoms with van der Waals surface area (Å²) in [5.74, 6) is -9.87. The van der Waals surface area contributed by atoms with E-state index in [2.05, 4.69) is 9.47 Å². The largest absolute Gasteiger partial charge is 0.478 e. The van der Waals surface area contributed by atoms with Crippen molar-refractivity contribution in [1.29, 1.82) is 0 Å². The molecule has 1 aliphatic heterocycles. The Morgan fingerprint density at radius 1 is 0.800 bits per heavy atom. The van der Waals surface area contributed by atoms with Crippen molar-refractivity contribution < 1.29 is 45.4 Å². The first kappa shape index (κ1) is 11.6. The molecule has 0 saturated carbocycles. The Balaban J connectivity index is 3.24. The molecule has 0 bridgehead atoms. The Hall–Kier alpha value is -1.48. The molecule has 0 aliphatic carbocycles. The molecule has 15 heavy (non-hydrogen) atoms. The van der Waals surface area contributed by atoms with Crippen LogP contribution in [0.1, 0.15) is 0 Å². The number of halogens is 6. The van der Waals surface area contributed by atoms with Crippen molar-refractivity contribution in [2.45, 2.75) is 18.1 Å². The fourth-order valence-corrected chi connectivity index (χ4v) is 0.757. The van der Waals surface area contributed by atoms with E-state index in [9.17, 15) is 35.9 Å². The van der Waals surface area contributed by atoms with Crippen molar-refractivity contribution in [1.82, 2.24) is 0 Å². The third kappa shape index (κ3) is 1.49. The Bertz CT molecular complexity index is 282. The molecule has 0 aromatic heterocycles. The van der Waals surface area contributed by atoms with Crippen LogP contribution in [0.25, 0.3) is 0 Å². The standard InChI is InChI=1S/C5F6O4/c6-4(7,8)3(5(9,10)11)14-1(12)2(13)15-3. The molecule has 4 nitrogen and oxygen atoms in total. The van der Waals surface area contributed by atoms with Crippen molar-refractivity contribution in [2.75, 3.05) is 0 Å². The van der Waals surface area contributed by atoms with E-state index in [-0.39, 0.29) is 0 Å². The monoisotopic (exact) mass is 238 g/mol. The topological polar surface area (TPSA) is 52.6 Å². The number of carbonyl (C=O) groups is 2. The lowest BCUT2D eigenvalue weighted by molar-refractivity contribution is -0.429. The maximum absolute atomic E-state index is 12.0. The number of rotatable bonds is 0. The summed E-state index contributed by atoms with van der Waals surface area (Å²) in [6.07, 6.45) is -12.2. The van der Waals surface area contributed by atoms with E-state index in [1.54, 1.807) is 0 Å². The van der Waals surface area contributed by atoms with E-state index in [1.165, 1.54) is 0 Å². The average Bonchev–Trinajstić information content (AvgIpc) is 2.26. The van der Waals surface area contributed by atoms with Crippen LogP contribution in [0.3, 0.4) is 0 Å². The molecule has 0 N–H and O–H groups in total. The van der Waals surface area contributed by atoms with Gasteiger partial charge in [-0.05, 0) is 0 Å². The first-order valence-corrected chi connectivity index (χ1v) is 3.11. The van der Waals surface area contributed by atoms with E-state index in [0.717, 1.165) is 0 Å². The second-order valence-electron chi connectivity index (χ2n) is 2.39. The summed E-state index contributed by atoms with van der Waals surface area (Å²) in [6.45, 7) is 0. The van der Waals surface area contributed by atoms with E-state index >= 15 is 0 Å². The van der Waals surface area contributed by atoms with Crippen LogP contribution in [0.5, 0.6) is 0 Å². The summed E-state index contributed by atoms with van der Waals surface area (Å²) < 4.78 is 77.8. The van der Waals surface area contributed by atoms with Gasteiger partial charge in [-0.3, -0.25) is 0 Å². The number of cyclic esters (lactones) is 2. The van der Waals surface area contributed by atoms with Crippen molar-refractivity contribution in [3.05, 3.63) is 0 Å². The Morgan fingerprint density at radius 3 is 1.20 bits per heavy atom. The molecule has 1 fully saturated rings. The van der Waals surface area contributed by atoms with Crippen molar-refractivity contribution >= 4 is 11.9 Å². The van der Waals surface area contributed by atoms with E-state index in [1.807, 2.05) is 0 Å². The first-order chi connectivity index (χ1) is 6.51. The van der Waals surface area contributed by atoms with Crippen LogP contribution in [0, 0.1) is 0 Å². The average molecular weight is 238 g/mol. The molecule has 1 rings (SSSR count). The molecular formula is C5F6O4. The van der Waals surface area contributed by atoms with Crippen molar-refractivity contribution in [2.24, 2.45) is 0 Å². The quantitative estimate of drug-likeness (QED) is 0.357. The highest BCUT2D eigenvalue weighted by atomic mass is 19.4. The lowest BCUT2D eigenvalue weighted by atomic mass is 10.2. The normalized spacial score (nSPS) is 21.2. The van der Waals surface area contributed by atoms with Gasteiger partial charge < -0.3 is 9.47 Å². The number of esters is 2. The van der Waals surface area contributed by atoms with Gasteiger partial charge in [-0.1, -0.05) is 0 Å². The minimum absolute atomic E-state index is 2.34. The molecule has 0 atom stereocenters. The predicted octanol–water partition coefficient (Wildman–Crippen LogP) is 0.907. The molecular weight excluding hydrogens is 238 g/mol. The number of alkyl halides is 6. The van der Waals surface area contributed by atoms with Crippen LogP contribution in [0.15, 0.2) is 0 Å². The summed E-state index contributed by atoms with van der Waals surface area (Å²) in [7, 11) is 0. The van der Waals surface area contributed by atoms with Crippen molar-refractivity contribution in [3.63, 3.8) is 0 Å². The van der Waals surface area contributed by atoms with Crippen LogP contribution < -0.4 is 0 Å². The van der Waals surface area contributed by atoms with Gasteiger partial charge in [0.05, 0.1) is 0 Å². The second kappa shape index (κ2) is 2.76. The molecule has 1 aliphatic rings. The molecule has 0 aromatic carbocycles. The third-order valence-corrected chi connectivity index (χ3v) is 1.39. The smallest absolute Gasteiger partial charge is 0.398 e. The van der Waals surface area contributed by atoms with Crippen LogP contribution in [0.4, 0.5) is 26.3 Å². The van der Waals surface area contributed by atoms with Gasteiger partial charge in [0, 0.05) is 0 Å². The summed E-state index contributed by atoms with van der Waals surface area (Å²) in [5, 5.41) is 0. The zero-order chi connectivity index (χ0) is 12.1. The molecule has 86 valence electrons. The van der Waals surface area contributed by atoms with Crippen LogP contribution >= 0.6 is 0 Å². The zero-order valence-corrected chi connectivity index (χ0v) is 6.40. The van der Waals surface area contributed by atoms with Gasteiger partial charge in [0.2, 0.25) is 0 Å². The highest BCUT2D eigenvalue weighted by Crippen LogP contribution is 2.49. The van der Waals surface area contributed by atoms with Crippen LogP contribution in [-0.4, -0.2) is 30.1 Å². The highest BCUT2D eigenvalue weighted by Gasteiger charge is 2.81. The predicted molar refractivity (Wildman–Crippen MR) is 27.0 cm³/mol. The molecule has 0 radical (unpaired) electrons. The first-order valence-electron chi connectivity index (χ1n) is 3.11. The summed E-state index contributed by atoms with van der Waals surface area (Å²) in [6, 6.07) is 0. The lowest BCUT2D eigenvalue weighted by Gasteiger charge is -2.28. The molecule has 1 saturated heterocycles. The summed E-state index contributed by atoms with van der Waals surface area (Å²) >= 11 is 0. The molecule has 1 heterocycles. The highest BCUT2D eigenvalue weighted by molar-refractivity contribution is 6.31. The lowest BCUT2D eigenvalue weighted by Crippen LogP contribution is -2.58. The van der Waals surface area contributed by atoms with E-state index in [4.69, 9.17) is 0 Å². The van der Waals surface area contributed by atoms with Crippen LogP contribution in [0.2, 0.25) is 0 Å². The van der Waals surface area contributed by atoms with Gasteiger partial charge in [-0.25, -0.2) is 9.59 Å². The van der Waals surface area contributed by atoms with Crippen LogP contribution in [-0.2, 0) is 19.1 Å². The molecule has 0 spiro atoms. The molecule has 0 aromatic rings. The number of hydrogen-bond donors (Lipinski definition) is 0. The van der Waals surface area contributed by atoms with Crippen molar-refractivity contribution in [3.8, 4) is 0 Å². The molecule has 0 unspecified atom stereocenters.